The number of thioether (sulfide) groups is 1. The highest BCUT2D eigenvalue weighted by Crippen LogP contribution is 2.30. The fraction of sp³-hybridized carbons (Fsp3) is 0.182. The minimum atomic E-state index is -0.830. The lowest BCUT2D eigenvalue weighted by Crippen LogP contribution is -2.14. The van der Waals surface area contributed by atoms with Gasteiger partial charge >= 0.3 is 0 Å². The summed E-state index contributed by atoms with van der Waals surface area (Å²) in [6.07, 6.45) is 0.114. The summed E-state index contributed by atoms with van der Waals surface area (Å²) in [5.74, 6) is -0.973. The van der Waals surface area contributed by atoms with Crippen LogP contribution in [0.2, 0.25) is 0 Å². The number of amides is 1. The monoisotopic (exact) mass is 472 g/mol. The van der Waals surface area contributed by atoms with Gasteiger partial charge in [0.25, 0.3) is 0 Å². The van der Waals surface area contributed by atoms with E-state index in [0.29, 0.717) is 11.6 Å². The van der Waals surface area contributed by atoms with Crippen LogP contribution >= 0.6 is 23.1 Å². The van der Waals surface area contributed by atoms with Crippen LogP contribution in [0.1, 0.15) is 23.7 Å². The Balaban J connectivity index is 1.27. The summed E-state index contributed by atoms with van der Waals surface area (Å²) in [6, 6.07) is 11.6. The van der Waals surface area contributed by atoms with Gasteiger partial charge < -0.3 is 9.84 Å². The van der Waals surface area contributed by atoms with Crippen LogP contribution < -0.4 is 5.32 Å². The summed E-state index contributed by atoms with van der Waals surface area (Å²) in [5, 5.41) is 8.15. The molecule has 6 nitrogen and oxygen atoms in total. The predicted molar refractivity (Wildman–Crippen MR) is 119 cm³/mol. The molecular formula is C22H18F2N4O2S2. The quantitative estimate of drug-likeness (QED) is 0.334. The second kappa shape index (κ2) is 10.0. The number of carbonyl (C=O) groups excluding carboxylic acids is 1. The third kappa shape index (κ3) is 5.57. The number of hydrogen-bond acceptors (Lipinski definition) is 7. The first-order chi connectivity index (χ1) is 15.5. The molecule has 164 valence electrons. The molecule has 0 radical (unpaired) electrons. The molecular weight excluding hydrogens is 454 g/mol. The maximum atomic E-state index is 13.6. The third-order valence-electron chi connectivity index (χ3n) is 4.46. The Kier molecular flexibility index (Phi) is 6.91. The van der Waals surface area contributed by atoms with Crippen molar-refractivity contribution in [3.05, 3.63) is 76.8 Å². The van der Waals surface area contributed by atoms with Crippen molar-refractivity contribution < 1.29 is 18.1 Å². The number of rotatable bonds is 8. The predicted octanol–water partition coefficient (Wildman–Crippen LogP) is 5.64. The second-order valence-electron chi connectivity index (χ2n) is 6.90. The van der Waals surface area contributed by atoms with Crippen LogP contribution in [0.3, 0.4) is 0 Å². The molecule has 0 aliphatic carbocycles. The van der Waals surface area contributed by atoms with Gasteiger partial charge in [0.05, 0.1) is 11.4 Å². The molecule has 0 saturated heterocycles. The zero-order valence-electron chi connectivity index (χ0n) is 17.0. The number of carbonyl (C=O) groups is 1. The molecule has 2 aromatic heterocycles. The molecule has 4 aromatic rings. The van der Waals surface area contributed by atoms with Crippen molar-refractivity contribution in [2.24, 2.45) is 0 Å². The molecule has 0 aliphatic rings. The zero-order valence-corrected chi connectivity index (χ0v) is 18.6. The van der Waals surface area contributed by atoms with Crippen molar-refractivity contribution in [3.63, 3.8) is 0 Å². The first-order valence-electron chi connectivity index (χ1n) is 9.68. The van der Waals surface area contributed by atoms with Crippen LogP contribution in [0.15, 0.2) is 56.7 Å². The highest BCUT2D eigenvalue weighted by atomic mass is 32.2. The maximum Gasteiger partial charge on any atom is 0.227 e. The fourth-order valence-electron chi connectivity index (χ4n) is 2.80. The fourth-order valence-corrected chi connectivity index (χ4v) is 4.48. The van der Waals surface area contributed by atoms with Gasteiger partial charge in [0.1, 0.15) is 17.3 Å². The van der Waals surface area contributed by atoms with E-state index in [1.165, 1.54) is 23.4 Å². The Labute approximate surface area is 191 Å². The lowest BCUT2D eigenvalue weighted by Gasteiger charge is -2.06. The number of thiazole rings is 1. The van der Waals surface area contributed by atoms with E-state index in [4.69, 9.17) is 4.52 Å². The van der Waals surface area contributed by atoms with Crippen LogP contribution in [0, 0.1) is 18.6 Å². The first kappa shape index (κ1) is 22.1. The lowest BCUT2D eigenvalue weighted by molar-refractivity contribution is -0.116. The van der Waals surface area contributed by atoms with Gasteiger partial charge in [0, 0.05) is 23.8 Å². The highest BCUT2D eigenvalue weighted by molar-refractivity contribution is 8.00. The molecule has 0 atom stereocenters. The molecule has 10 heteroatoms. The standard InChI is InChI=1S/C22H18F2N4O2S2/c1-13-5-7-14(8-6-13)17-11-31-22(25-17)32-12-18-26-20(30-28-18)10-9-19(29)27-21-15(23)3-2-4-16(21)24/h2-8,11H,9-10,12H2,1H3,(H,27,29). The summed E-state index contributed by atoms with van der Waals surface area (Å²) in [6.45, 7) is 2.04. The lowest BCUT2D eigenvalue weighted by atomic mass is 10.1. The zero-order chi connectivity index (χ0) is 22.5. The summed E-state index contributed by atoms with van der Waals surface area (Å²) < 4.78 is 33.3. The minimum Gasteiger partial charge on any atom is -0.339 e. The van der Waals surface area contributed by atoms with Gasteiger partial charge in [0.15, 0.2) is 10.2 Å². The Morgan fingerprint density at radius 3 is 2.62 bits per heavy atom. The van der Waals surface area contributed by atoms with E-state index in [-0.39, 0.29) is 18.7 Å². The molecule has 4 rings (SSSR count). The van der Waals surface area contributed by atoms with E-state index in [9.17, 15) is 13.6 Å². The van der Waals surface area contributed by atoms with Gasteiger partial charge in [-0.05, 0) is 19.1 Å². The molecule has 2 aromatic carbocycles. The molecule has 32 heavy (non-hydrogen) atoms. The van der Waals surface area contributed by atoms with Gasteiger partial charge in [-0.25, -0.2) is 13.8 Å². The summed E-state index contributed by atoms with van der Waals surface area (Å²) in [5.41, 5.74) is 2.72. The van der Waals surface area contributed by atoms with Gasteiger partial charge in [-0.15, -0.1) is 11.3 Å². The smallest absolute Gasteiger partial charge is 0.227 e. The van der Waals surface area contributed by atoms with Crippen molar-refractivity contribution in [2.75, 3.05) is 5.32 Å². The van der Waals surface area contributed by atoms with Crippen LogP contribution in [-0.4, -0.2) is 21.0 Å². The minimum absolute atomic E-state index is 0.0467. The second-order valence-corrected chi connectivity index (χ2v) is 8.98. The van der Waals surface area contributed by atoms with E-state index >= 15 is 0 Å². The third-order valence-corrected chi connectivity index (χ3v) is 6.48. The molecule has 0 saturated carbocycles. The number of halogens is 2. The Hall–Kier alpha value is -3.11. The number of benzene rings is 2. The van der Waals surface area contributed by atoms with E-state index in [1.807, 2.05) is 24.4 Å². The number of hydrogen-bond donors (Lipinski definition) is 1. The number of para-hydroxylation sites is 1. The Morgan fingerprint density at radius 1 is 1.12 bits per heavy atom. The van der Waals surface area contributed by atoms with Gasteiger partial charge in [-0.1, -0.05) is 52.8 Å². The number of nitrogens with zero attached hydrogens (tertiary/aromatic N) is 3. The topological polar surface area (TPSA) is 80.9 Å². The normalized spacial score (nSPS) is 11.0. The molecule has 0 unspecified atom stereocenters. The molecule has 1 amide bonds. The van der Waals surface area contributed by atoms with Crippen LogP contribution in [-0.2, 0) is 17.0 Å². The summed E-state index contributed by atoms with van der Waals surface area (Å²) >= 11 is 3.04. The van der Waals surface area contributed by atoms with Crippen molar-refractivity contribution in [1.29, 1.82) is 0 Å². The summed E-state index contributed by atoms with van der Waals surface area (Å²) in [4.78, 5) is 20.9. The highest BCUT2D eigenvalue weighted by Gasteiger charge is 2.14. The van der Waals surface area contributed by atoms with Crippen molar-refractivity contribution in [3.8, 4) is 11.3 Å². The molecule has 0 spiro atoms. The van der Waals surface area contributed by atoms with Crippen LogP contribution in [0.4, 0.5) is 14.5 Å². The van der Waals surface area contributed by atoms with Gasteiger partial charge in [-0.3, -0.25) is 4.79 Å². The maximum absolute atomic E-state index is 13.6. The molecule has 0 fully saturated rings. The van der Waals surface area contributed by atoms with E-state index in [2.05, 4.69) is 32.6 Å². The van der Waals surface area contributed by atoms with E-state index < -0.39 is 23.2 Å². The largest absolute Gasteiger partial charge is 0.339 e. The van der Waals surface area contributed by atoms with Crippen molar-refractivity contribution in [1.82, 2.24) is 15.1 Å². The van der Waals surface area contributed by atoms with Crippen LogP contribution in [0.5, 0.6) is 0 Å². The van der Waals surface area contributed by atoms with E-state index in [1.54, 1.807) is 11.3 Å². The molecule has 2 heterocycles. The van der Waals surface area contributed by atoms with E-state index in [0.717, 1.165) is 27.7 Å². The molecule has 0 aliphatic heterocycles. The molecule has 0 bridgehead atoms. The number of anilines is 1. The van der Waals surface area contributed by atoms with Gasteiger partial charge in [-0.2, -0.15) is 4.98 Å². The average molecular weight is 473 g/mol. The Bertz CT molecular complexity index is 1200. The average Bonchev–Trinajstić information content (AvgIpc) is 3.44. The van der Waals surface area contributed by atoms with Crippen LogP contribution in [0.25, 0.3) is 11.3 Å². The van der Waals surface area contributed by atoms with Crippen molar-refractivity contribution >= 4 is 34.7 Å². The Morgan fingerprint density at radius 2 is 1.88 bits per heavy atom. The van der Waals surface area contributed by atoms with Gasteiger partial charge in [0.2, 0.25) is 11.8 Å². The number of nitrogens with one attached hydrogen (secondary N) is 1. The number of aromatic nitrogens is 3. The SMILES string of the molecule is Cc1ccc(-c2csc(SCc3noc(CCC(=O)Nc4c(F)cccc4F)n3)n2)cc1. The summed E-state index contributed by atoms with van der Waals surface area (Å²) in [7, 11) is 0. The van der Waals surface area contributed by atoms with Crippen molar-refractivity contribution in [2.45, 2.75) is 29.9 Å². The number of aryl methyl sites for hydroxylation is 2. The molecule has 1 N–H and O–H groups in total. The first-order valence-corrected chi connectivity index (χ1v) is 11.5.